The van der Waals surface area contributed by atoms with Gasteiger partial charge in [0, 0.05) is 19.0 Å². The van der Waals surface area contributed by atoms with E-state index in [2.05, 4.69) is 10.1 Å². The maximum Gasteiger partial charge on any atom is 0.347 e. The van der Waals surface area contributed by atoms with Gasteiger partial charge < -0.3 is 24.4 Å². The van der Waals surface area contributed by atoms with Crippen LogP contribution < -0.4 is 10.5 Å². The maximum atomic E-state index is 13.1. The summed E-state index contributed by atoms with van der Waals surface area (Å²) in [5, 5.41) is 6.62. The van der Waals surface area contributed by atoms with Gasteiger partial charge in [0.1, 0.15) is 8.42 Å². The van der Waals surface area contributed by atoms with Gasteiger partial charge in [0.05, 0.1) is 17.8 Å². The van der Waals surface area contributed by atoms with Crippen molar-refractivity contribution in [3.8, 4) is 0 Å². The molecular weight excluding hydrogens is 606 g/mol. The summed E-state index contributed by atoms with van der Waals surface area (Å²) in [6.07, 6.45) is -4.10. The summed E-state index contributed by atoms with van der Waals surface area (Å²) in [6.45, 7) is 7.41. The maximum absolute atomic E-state index is 13.1. The quantitative estimate of drug-likeness (QED) is 0.237. The Labute approximate surface area is 241 Å². The van der Waals surface area contributed by atoms with Gasteiger partial charge in [-0.1, -0.05) is 0 Å². The summed E-state index contributed by atoms with van der Waals surface area (Å²) < 4.78 is 63.5. The molecule has 0 aliphatic carbocycles. The van der Waals surface area contributed by atoms with Crippen LogP contribution in [-0.4, -0.2) is 88.1 Å². The minimum Gasteiger partial charge on any atom is -0.451 e. The number of rotatable bonds is 11. The molecule has 1 aliphatic heterocycles. The number of hydrogen-bond acceptors (Lipinski definition) is 13. The molecule has 18 heteroatoms. The molecule has 1 aliphatic rings. The molecule has 0 saturated carbocycles. The van der Waals surface area contributed by atoms with Crippen molar-refractivity contribution in [3.05, 3.63) is 11.6 Å². The van der Waals surface area contributed by atoms with Crippen LogP contribution in [0.25, 0.3) is 0 Å². The molecule has 15 nitrogen and oxygen atoms in total. The van der Waals surface area contributed by atoms with Crippen LogP contribution >= 0.6 is 11.3 Å². The molecule has 0 fully saturated rings. The van der Waals surface area contributed by atoms with Crippen LogP contribution in [0.2, 0.25) is 0 Å². The number of hydrogen-bond donors (Lipinski definition) is 2. The van der Waals surface area contributed by atoms with E-state index in [1.807, 2.05) is 0 Å². The molecule has 5 atom stereocenters. The molecule has 1 aromatic heterocycles. The average Bonchev–Trinajstić information content (AvgIpc) is 3.33. The molecule has 0 unspecified atom stereocenters. The Morgan fingerprint density at radius 3 is 2.12 bits per heavy atom. The highest BCUT2D eigenvalue weighted by Gasteiger charge is 2.42. The van der Waals surface area contributed by atoms with E-state index >= 15 is 0 Å². The van der Waals surface area contributed by atoms with Crippen LogP contribution in [-0.2, 0) is 58.0 Å². The number of ether oxygens (including phenoxy) is 3. The first-order valence-corrected chi connectivity index (χ1v) is 16.3. The van der Waals surface area contributed by atoms with Gasteiger partial charge in [0.25, 0.3) is 5.91 Å². The Balaban J connectivity index is 2.06. The Kier molecular flexibility index (Phi) is 11.0. The van der Waals surface area contributed by atoms with Crippen LogP contribution in [0.5, 0.6) is 0 Å². The van der Waals surface area contributed by atoms with Crippen molar-refractivity contribution in [1.82, 2.24) is 10.2 Å². The van der Waals surface area contributed by atoms with Gasteiger partial charge in [-0.05, 0) is 47.1 Å². The van der Waals surface area contributed by atoms with Crippen LogP contribution in [0.3, 0.4) is 0 Å². The number of amides is 2. The van der Waals surface area contributed by atoms with E-state index in [0.717, 1.165) is 13.0 Å². The van der Waals surface area contributed by atoms with Gasteiger partial charge in [0.15, 0.2) is 28.1 Å². The van der Waals surface area contributed by atoms with Crippen LogP contribution in [0.15, 0.2) is 14.5 Å². The van der Waals surface area contributed by atoms with Gasteiger partial charge in [-0.25, -0.2) is 31.6 Å². The van der Waals surface area contributed by atoms with E-state index in [9.17, 15) is 40.8 Å². The van der Waals surface area contributed by atoms with Gasteiger partial charge in [-0.3, -0.25) is 14.4 Å². The molecule has 2 amide bonds. The van der Waals surface area contributed by atoms with Gasteiger partial charge >= 0.3 is 17.9 Å². The predicted octanol–water partition coefficient (Wildman–Crippen LogP) is -0.218. The topological polar surface area (TPSA) is 223 Å². The molecule has 0 spiro atoms. The molecule has 0 saturated heterocycles. The fraction of sp³-hybridized carbons (Fsp3) is 0.609. The van der Waals surface area contributed by atoms with Crippen molar-refractivity contribution in [3.63, 3.8) is 0 Å². The third-order valence-electron chi connectivity index (χ3n) is 6.10. The van der Waals surface area contributed by atoms with Gasteiger partial charge in [0.2, 0.25) is 15.9 Å². The first kappa shape index (κ1) is 34.1. The monoisotopic (exact) mass is 639 g/mol. The predicted molar refractivity (Wildman–Crippen MR) is 142 cm³/mol. The third-order valence-corrected chi connectivity index (χ3v) is 11.4. The second kappa shape index (κ2) is 13.3. The SMILES string of the molecule is CCN(C(=O)CNC(=O)[C@H](C)OC(=O)[C@H](C)OC(=O)[C@H](C)OC(C)=O)[C@H]1C[C@H](C)S(=O)(=O)c2sc(S(N)(=O)=O)cc21. The van der Waals surface area contributed by atoms with E-state index in [1.165, 1.54) is 32.6 Å². The lowest BCUT2D eigenvalue weighted by Crippen LogP contribution is -2.47. The van der Waals surface area contributed by atoms with Crippen molar-refractivity contribution in [2.75, 3.05) is 13.1 Å². The van der Waals surface area contributed by atoms with Crippen molar-refractivity contribution < 1.29 is 55.0 Å². The van der Waals surface area contributed by atoms with Crippen LogP contribution in [0.4, 0.5) is 0 Å². The molecule has 2 rings (SSSR count). The molecule has 230 valence electrons. The molecule has 41 heavy (non-hydrogen) atoms. The summed E-state index contributed by atoms with van der Waals surface area (Å²) in [7, 11) is -8.04. The number of nitrogens with zero attached hydrogens (tertiary/aromatic N) is 1. The molecule has 0 bridgehead atoms. The Morgan fingerprint density at radius 2 is 1.61 bits per heavy atom. The zero-order chi connectivity index (χ0) is 31.4. The highest BCUT2D eigenvalue weighted by Crippen LogP contribution is 2.44. The number of primary sulfonamides is 1. The highest BCUT2D eigenvalue weighted by atomic mass is 32.3. The summed E-state index contributed by atoms with van der Waals surface area (Å²) in [5.41, 5.74) is 0.132. The smallest absolute Gasteiger partial charge is 0.347 e. The second-order valence-corrected chi connectivity index (χ2v) is 14.7. The van der Waals surface area contributed by atoms with Crippen molar-refractivity contribution >= 4 is 60.9 Å². The largest absolute Gasteiger partial charge is 0.451 e. The number of sulfone groups is 1. The van der Waals surface area contributed by atoms with Crippen molar-refractivity contribution in [2.45, 2.75) is 86.0 Å². The summed E-state index contributed by atoms with van der Waals surface area (Å²) in [6, 6.07) is 0.352. The number of fused-ring (bicyclic) bond motifs is 1. The summed E-state index contributed by atoms with van der Waals surface area (Å²) in [5.74, 6) is -4.24. The lowest BCUT2D eigenvalue weighted by Gasteiger charge is -2.36. The number of thiophene rings is 1. The van der Waals surface area contributed by atoms with Crippen molar-refractivity contribution in [2.24, 2.45) is 5.14 Å². The number of carbonyl (C=O) groups is 5. The van der Waals surface area contributed by atoms with Gasteiger partial charge in [-0.2, -0.15) is 0 Å². The molecule has 0 aromatic carbocycles. The number of esters is 3. The Hall–Kier alpha value is -3.09. The van der Waals surface area contributed by atoms with E-state index < -0.39 is 85.7 Å². The zero-order valence-electron chi connectivity index (χ0n) is 23.2. The minimum atomic E-state index is -4.20. The summed E-state index contributed by atoms with van der Waals surface area (Å²) in [4.78, 5) is 62.0. The molecule has 0 radical (unpaired) electrons. The highest BCUT2D eigenvalue weighted by molar-refractivity contribution is 7.95. The first-order valence-electron chi connectivity index (χ1n) is 12.4. The van der Waals surface area contributed by atoms with E-state index in [0.29, 0.717) is 11.3 Å². The first-order chi connectivity index (χ1) is 18.8. The second-order valence-electron chi connectivity index (χ2n) is 9.27. The minimum absolute atomic E-state index is 0.00957. The van der Waals surface area contributed by atoms with Crippen molar-refractivity contribution in [1.29, 1.82) is 0 Å². The average molecular weight is 640 g/mol. The number of sulfonamides is 1. The summed E-state index contributed by atoms with van der Waals surface area (Å²) >= 11 is 0.524. The van der Waals surface area contributed by atoms with Crippen LogP contribution in [0, 0.1) is 0 Å². The Bertz CT molecular complexity index is 1420. The number of likely N-dealkylation sites (N-methyl/N-ethyl adjacent to an activating group) is 1. The molecule has 1 aromatic rings. The fourth-order valence-corrected chi connectivity index (χ4v) is 8.32. The van der Waals surface area contributed by atoms with Gasteiger partial charge in [-0.15, -0.1) is 11.3 Å². The molecule has 3 N–H and O–H groups in total. The zero-order valence-corrected chi connectivity index (χ0v) is 25.7. The number of nitrogens with one attached hydrogen (secondary N) is 1. The third kappa shape index (κ3) is 8.23. The van der Waals surface area contributed by atoms with E-state index in [-0.39, 0.29) is 26.9 Å². The fourth-order valence-electron chi connectivity index (χ4n) is 3.92. The molecular formula is C23H33N3O12S3. The lowest BCUT2D eigenvalue weighted by atomic mass is 10.0. The number of carbonyl (C=O) groups excluding carboxylic acids is 5. The standard InChI is InChI=1S/C23H33N3O12S3/c1-7-26(17-8-11(2)40(32,33)23-16(17)9-19(39-23)41(24,34)35)18(28)10-25-20(29)12(3)37-22(31)14(5)38-21(30)13(4)36-15(6)27/h9,11-14,17H,7-8,10H2,1-6H3,(H,25,29)(H2,24,34,35)/t11-,12-,13-,14-,17-/m0/s1. The Morgan fingerprint density at radius 1 is 1.07 bits per heavy atom. The molecule has 2 heterocycles. The lowest BCUT2D eigenvalue weighted by molar-refractivity contribution is -0.178. The van der Waals surface area contributed by atoms with E-state index in [4.69, 9.17) is 14.6 Å². The van der Waals surface area contributed by atoms with Crippen LogP contribution in [0.1, 0.15) is 59.6 Å². The normalized spacial score (nSPS) is 20.0. The number of nitrogens with two attached hydrogens (primary N) is 1. The van der Waals surface area contributed by atoms with E-state index in [1.54, 1.807) is 6.92 Å².